The molecule has 0 aliphatic rings. The molecule has 1 aromatic heterocycles. The van der Waals surface area contributed by atoms with E-state index < -0.39 is 7.12 Å². The molecule has 0 aliphatic heterocycles. The molecule has 72 valence electrons. The van der Waals surface area contributed by atoms with Gasteiger partial charge in [-0.05, 0) is 17.5 Å². The maximum atomic E-state index is 9.29. The normalized spacial score (nSPS) is 10.8. The van der Waals surface area contributed by atoms with Crippen LogP contribution in [0.3, 0.4) is 0 Å². The van der Waals surface area contributed by atoms with Crippen LogP contribution in [-0.2, 0) is 0 Å². The summed E-state index contributed by atoms with van der Waals surface area (Å²) < 4.78 is 1.31. The first kappa shape index (κ1) is 9.98. The molecule has 0 radical (unpaired) electrons. The molecule has 0 spiro atoms. The molecular weight excluding hydrogens is 267 g/mol. The minimum absolute atomic E-state index is 0.167. The molecule has 14 heavy (non-hydrogen) atoms. The summed E-state index contributed by atoms with van der Waals surface area (Å²) in [5.74, 6) is 0. The minimum Gasteiger partial charge on any atom is -0.499 e. The van der Waals surface area contributed by atoms with E-state index in [9.17, 15) is 5.11 Å². The molecule has 0 fully saturated rings. The number of rotatable bonds is 1. The SMILES string of the molecule is OB(O)c1c(Br)ccc2cc(O)sc12. The fourth-order valence-electron chi connectivity index (χ4n) is 1.33. The van der Waals surface area contributed by atoms with Gasteiger partial charge in [0, 0.05) is 14.6 Å². The van der Waals surface area contributed by atoms with Crippen molar-refractivity contribution >= 4 is 49.9 Å². The van der Waals surface area contributed by atoms with Crippen LogP contribution in [-0.4, -0.2) is 22.3 Å². The van der Waals surface area contributed by atoms with Crippen molar-refractivity contribution in [2.75, 3.05) is 0 Å². The van der Waals surface area contributed by atoms with Crippen LogP contribution in [0.2, 0.25) is 0 Å². The second-order valence-electron chi connectivity index (χ2n) is 2.84. The van der Waals surface area contributed by atoms with E-state index in [1.54, 1.807) is 12.1 Å². The van der Waals surface area contributed by atoms with E-state index in [2.05, 4.69) is 15.9 Å². The lowest BCUT2D eigenvalue weighted by atomic mass is 9.80. The maximum Gasteiger partial charge on any atom is 0.491 e. The molecule has 3 nitrogen and oxygen atoms in total. The Balaban J connectivity index is 2.82. The van der Waals surface area contributed by atoms with Crippen molar-refractivity contribution in [2.24, 2.45) is 0 Å². The summed E-state index contributed by atoms with van der Waals surface area (Å²) in [7, 11) is -1.54. The smallest absolute Gasteiger partial charge is 0.491 e. The highest BCUT2D eigenvalue weighted by atomic mass is 79.9. The number of hydrogen-bond acceptors (Lipinski definition) is 4. The van der Waals surface area contributed by atoms with Crippen molar-refractivity contribution in [2.45, 2.75) is 0 Å². The number of hydrogen-bond donors (Lipinski definition) is 3. The molecule has 1 heterocycles. The minimum atomic E-state index is -1.54. The largest absolute Gasteiger partial charge is 0.499 e. The fourth-order valence-corrected chi connectivity index (χ4v) is 2.96. The molecule has 6 heteroatoms. The molecule has 0 bridgehead atoms. The predicted molar refractivity (Wildman–Crippen MR) is 61.0 cm³/mol. The average molecular weight is 273 g/mol. The van der Waals surface area contributed by atoms with Crippen molar-refractivity contribution < 1.29 is 15.2 Å². The van der Waals surface area contributed by atoms with Crippen LogP contribution >= 0.6 is 27.3 Å². The Morgan fingerprint density at radius 3 is 2.64 bits per heavy atom. The van der Waals surface area contributed by atoms with Crippen molar-refractivity contribution in [1.82, 2.24) is 0 Å². The van der Waals surface area contributed by atoms with Gasteiger partial charge in [0.1, 0.15) is 0 Å². The summed E-state index contributed by atoms with van der Waals surface area (Å²) in [4.78, 5) is 0. The quantitative estimate of drug-likeness (QED) is 0.680. The Morgan fingerprint density at radius 1 is 1.29 bits per heavy atom. The second-order valence-corrected chi connectivity index (χ2v) is 4.72. The van der Waals surface area contributed by atoms with Gasteiger partial charge in [0.25, 0.3) is 0 Å². The predicted octanol–water partition coefficient (Wildman–Crippen LogP) is 1.05. The monoisotopic (exact) mass is 272 g/mol. The highest BCUT2D eigenvalue weighted by molar-refractivity contribution is 9.10. The number of halogens is 1. The Morgan fingerprint density at radius 2 is 2.00 bits per heavy atom. The van der Waals surface area contributed by atoms with E-state index in [-0.39, 0.29) is 5.06 Å². The van der Waals surface area contributed by atoms with Gasteiger partial charge in [0.2, 0.25) is 0 Å². The molecule has 3 N–H and O–H groups in total. The van der Waals surface area contributed by atoms with Gasteiger partial charge in [0.05, 0.1) is 0 Å². The van der Waals surface area contributed by atoms with Crippen molar-refractivity contribution in [1.29, 1.82) is 0 Å². The highest BCUT2D eigenvalue weighted by Gasteiger charge is 2.20. The topological polar surface area (TPSA) is 60.7 Å². The average Bonchev–Trinajstić information content (AvgIpc) is 2.43. The van der Waals surface area contributed by atoms with Gasteiger partial charge in [-0.1, -0.05) is 33.3 Å². The fraction of sp³-hybridized carbons (Fsp3) is 0. The van der Waals surface area contributed by atoms with Gasteiger partial charge >= 0.3 is 7.12 Å². The van der Waals surface area contributed by atoms with Crippen LogP contribution in [0.5, 0.6) is 5.06 Å². The molecule has 0 atom stereocenters. The van der Waals surface area contributed by atoms with E-state index in [4.69, 9.17) is 10.0 Å². The van der Waals surface area contributed by atoms with Gasteiger partial charge in [-0.15, -0.1) is 0 Å². The lowest BCUT2D eigenvalue weighted by Gasteiger charge is -2.03. The van der Waals surface area contributed by atoms with Crippen LogP contribution in [0.4, 0.5) is 0 Å². The zero-order valence-electron chi connectivity index (χ0n) is 6.94. The molecule has 0 unspecified atom stereocenters. The summed E-state index contributed by atoms with van der Waals surface area (Å²) >= 11 is 4.36. The second kappa shape index (κ2) is 3.54. The molecule has 0 saturated heterocycles. The number of thiophene rings is 1. The molecule has 2 rings (SSSR count). The first-order chi connectivity index (χ1) is 6.59. The van der Waals surface area contributed by atoms with Gasteiger partial charge < -0.3 is 15.2 Å². The summed E-state index contributed by atoms with van der Waals surface area (Å²) in [5.41, 5.74) is 0.396. The van der Waals surface area contributed by atoms with Gasteiger partial charge in [-0.2, -0.15) is 0 Å². The Hall–Kier alpha value is -0.555. The summed E-state index contributed by atoms with van der Waals surface area (Å²) in [5, 5.41) is 28.6. The van der Waals surface area contributed by atoms with E-state index >= 15 is 0 Å². The number of aromatic hydroxyl groups is 1. The van der Waals surface area contributed by atoms with E-state index in [1.807, 2.05) is 6.07 Å². The van der Waals surface area contributed by atoms with Crippen molar-refractivity contribution in [3.8, 4) is 5.06 Å². The summed E-state index contributed by atoms with van der Waals surface area (Å²) in [6.07, 6.45) is 0. The first-order valence-electron chi connectivity index (χ1n) is 3.86. The lowest BCUT2D eigenvalue weighted by molar-refractivity contribution is 0.426. The molecular formula is C8H6BBrO3S. The third-order valence-electron chi connectivity index (χ3n) is 1.92. The van der Waals surface area contributed by atoms with E-state index in [0.717, 1.165) is 16.7 Å². The Kier molecular flexibility index (Phi) is 2.53. The molecule has 0 saturated carbocycles. The number of benzene rings is 1. The van der Waals surface area contributed by atoms with Crippen LogP contribution < -0.4 is 5.46 Å². The highest BCUT2D eigenvalue weighted by Crippen LogP contribution is 2.31. The van der Waals surface area contributed by atoms with Crippen LogP contribution in [0.15, 0.2) is 22.7 Å². The Bertz CT molecular complexity index is 483. The van der Waals surface area contributed by atoms with Crippen molar-refractivity contribution in [3.05, 3.63) is 22.7 Å². The van der Waals surface area contributed by atoms with E-state index in [1.165, 1.54) is 0 Å². The maximum absolute atomic E-state index is 9.29. The number of fused-ring (bicyclic) bond motifs is 1. The molecule has 0 amide bonds. The van der Waals surface area contributed by atoms with E-state index in [0.29, 0.717) is 14.6 Å². The van der Waals surface area contributed by atoms with Crippen LogP contribution in [0.1, 0.15) is 0 Å². The van der Waals surface area contributed by atoms with Gasteiger partial charge in [-0.3, -0.25) is 0 Å². The third-order valence-corrected chi connectivity index (χ3v) is 3.60. The standard InChI is InChI=1S/C8H6BBrO3S/c10-5-2-1-4-3-6(11)14-8(4)7(5)9(12)13/h1-3,11-13H. The Labute approximate surface area is 92.9 Å². The lowest BCUT2D eigenvalue weighted by Crippen LogP contribution is -2.31. The molecule has 1 aromatic carbocycles. The molecule has 0 aliphatic carbocycles. The zero-order valence-corrected chi connectivity index (χ0v) is 9.34. The van der Waals surface area contributed by atoms with Crippen LogP contribution in [0.25, 0.3) is 10.1 Å². The summed E-state index contributed by atoms with van der Waals surface area (Å²) in [6, 6.07) is 5.13. The van der Waals surface area contributed by atoms with Crippen LogP contribution in [0, 0.1) is 0 Å². The summed E-state index contributed by atoms with van der Waals surface area (Å²) in [6.45, 7) is 0. The van der Waals surface area contributed by atoms with Gasteiger partial charge in [0.15, 0.2) is 5.06 Å². The zero-order chi connectivity index (χ0) is 10.3. The molecule has 2 aromatic rings. The third kappa shape index (κ3) is 1.54. The van der Waals surface area contributed by atoms with Gasteiger partial charge in [-0.25, -0.2) is 0 Å². The first-order valence-corrected chi connectivity index (χ1v) is 5.47. The van der Waals surface area contributed by atoms with Crippen molar-refractivity contribution in [3.63, 3.8) is 0 Å².